The molecular formula is C16H23F3N4O. The fraction of sp³-hybridized carbons (Fsp3) is 0.750. The molecule has 24 heavy (non-hydrogen) atoms. The normalized spacial score (nSPS) is 24.0. The molecule has 2 aliphatic rings. The first-order valence-corrected chi connectivity index (χ1v) is 8.46. The molecule has 0 radical (unpaired) electrons. The Balaban J connectivity index is 1.47. The van der Waals surface area contributed by atoms with E-state index < -0.39 is 11.9 Å². The number of alkyl halides is 3. The molecule has 2 saturated heterocycles. The van der Waals surface area contributed by atoms with E-state index in [-0.39, 0.29) is 11.9 Å². The summed E-state index contributed by atoms with van der Waals surface area (Å²) >= 11 is 0. The second kappa shape index (κ2) is 7.65. The van der Waals surface area contributed by atoms with Crippen LogP contribution in [0.5, 0.6) is 0 Å². The largest absolute Gasteiger partial charge is 0.433 e. The Hall–Kier alpha value is -1.41. The fourth-order valence-corrected chi connectivity index (χ4v) is 3.38. The van der Waals surface area contributed by atoms with Gasteiger partial charge in [0.15, 0.2) is 0 Å². The highest BCUT2D eigenvalue weighted by molar-refractivity contribution is 5.36. The van der Waals surface area contributed by atoms with Crippen molar-refractivity contribution in [3.8, 4) is 0 Å². The van der Waals surface area contributed by atoms with Gasteiger partial charge in [-0.2, -0.15) is 13.2 Å². The maximum absolute atomic E-state index is 12.7. The van der Waals surface area contributed by atoms with E-state index >= 15 is 0 Å². The Bertz CT molecular complexity index is 526. The molecule has 0 aliphatic carbocycles. The fourth-order valence-electron chi connectivity index (χ4n) is 3.38. The summed E-state index contributed by atoms with van der Waals surface area (Å²) in [5.74, 6) is 0.857. The average molecular weight is 344 g/mol. The van der Waals surface area contributed by atoms with Gasteiger partial charge in [0.1, 0.15) is 17.8 Å². The lowest BCUT2D eigenvalue weighted by atomic mass is 9.99. The van der Waals surface area contributed by atoms with E-state index in [0.717, 1.165) is 64.5 Å². The maximum Gasteiger partial charge on any atom is 0.433 e. The lowest BCUT2D eigenvalue weighted by molar-refractivity contribution is -0.141. The van der Waals surface area contributed by atoms with E-state index in [9.17, 15) is 13.2 Å². The van der Waals surface area contributed by atoms with E-state index in [1.807, 2.05) is 0 Å². The van der Waals surface area contributed by atoms with Gasteiger partial charge in [-0.05, 0) is 31.6 Å². The SMILES string of the molecule is FC(F)(F)c1cc(NC2CCN(CC3CCCOC3)CC2)ncn1. The molecule has 3 heterocycles. The molecule has 1 atom stereocenters. The van der Waals surface area contributed by atoms with Crippen molar-refractivity contribution in [3.05, 3.63) is 18.1 Å². The number of anilines is 1. The number of piperidine rings is 1. The monoisotopic (exact) mass is 344 g/mol. The van der Waals surface area contributed by atoms with Gasteiger partial charge < -0.3 is 15.0 Å². The molecule has 2 fully saturated rings. The Morgan fingerprint density at radius 1 is 1.21 bits per heavy atom. The van der Waals surface area contributed by atoms with Crippen molar-refractivity contribution in [2.45, 2.75) is 37.9 Å². The molecule has 0 spiro atoms. The van der Waals surface area contributed by atoms with Gasteiger partial charge in [0.2, 0.25) is 0 Å². The third-order valence-corrected chi connectivity index (χ3v) is 4.67. The molecule has 5 nitrogen and oxygen atoms in total. The highest BCUT2D eigenvalue weighted by atomic mass is 19.4. The molecule has 1 aromatic rings. The molecule has 1 N–H and O–H groups in total. The summed E-state index contributed by atoms with van der Waals surface area (Å²) in [4.78, 5) is 9.62. The molecule has 0 bridgehead atoms. The van der Waals surface area contributed by atoms with E-state index in [0.29, 0.717) is 5.92 Å². The summed E-state index contributed by atoms with van der Waals surface area (Å²) in [7, 11) is 0. The minimum absolute atomic E-state index is 0.153. The smallest absolute Gasteiger partial charge is 0.381 e. The number of aromatic nitrogens is 2. The van der Waals surface area contributed by atoms with Gasteiger partial charge in [-0.3, -0.25) is 0 Å². The predicted molar refractivity (Wildman–Crippen MR) is 83.7 cm³/mol. The highest BCUT2D eigenvalue weighted by Gasteiger charge is 2.33. The number of rotatable bonds is 4. The number of likely N-dealkylation sites (tertiary alicyclic amines) is 1. The third kappa shape index (κ3) is 4.80. The molecule has 1 aromatic heterocycles. The second-order valence-corrected chi connectivity index (χ2v) is 6.59. The van der Waals surface area contributed by atoms with E-state index in [2.05, 4.69) is 20.2 Å². The standard InChI is InChI=1S/C16H23F3N4O/c17-16(18,19)14-8-15(21-11-20-14)22-13-3-5-23(6-4-13)9-12-2-1-7-24-10-12/h8,11-13H,1-7,9-10H2,(H,20,21,22). The van der Waals surface area contributed by atoms with Gasteiger partial charge in [-0.15, -0.1) is 0 Å². The van der Waals surface area contributed by atoms with Crippen molar-refractivity contribution in [1.82, 2.24) is 14.9 Å². The number of nitrogens with one attached hydrogen (secondary N) is 1. The topological polar surface area (TPSA) is 50.3 Å². The summed E-state index contributed by atoms with van der Waals surface area (Å²) in [6.07, 6.45) is 0.684. The van der Waals surface area contributed by atoms with Gasteiger partial charge in [0, 0.05) is 38.3 Å². The van der Waals surface area contributed by atoms with E-state index in [4.69, 9.17) is 4.74 Å². The predicted octanol–water partition coefficient (Wildman–Crippen LogP) is 2.80. The zero-order valence-electron chi connectivity index (χ0n) is 13.6. The summed E-state index contributed by atoms with van der Waals surface area (Å²) in [5.41, 5.74) is -0.908. The number of hydrogen-bond donors (Lipinski definition) is 1. The van der Waals surface area contributed by atoms with Crippen LogP contribution >= 0.6 is 0 Å². The van der Waals surface area contributed by atoms with Gasteiger partial charge in [0.05, 0.1) is 6.61 Å². The van der Waals surface area contributed by atoms with Crippen molar-refractivity contribution in [1.29, 1.82) is 0 Å². The number of ether oxygens (including phenoxy) is 1. The second-order valence-electron chi connectivity index (χ2n) is 6.59. The lowest BCUT2D eigenvalue weighted by Gasteiger charge is -2.35. The van der Waals surface area contributed by atoms with Crippen LogP contribution in [0, 0.1) is 5.92 Å². The summed E-state index contributed by atoms with van der Waals surface area (Å²) in [6, 6.07) is 1.13. The third-order valence-electron chi connectivity index (χ3n) is 4.67. The first-order valence-electron chi connectivity index (χ1n) is 8.46. The van der Waals surface area contributed by atoms with Gasteiger partial charge in [-0.1, -0.05) is 0 Å². The Morgan fingerprint density at radius 2 is 2.00 bits per heavy atom. The first-order chi connectivity index (χ1) is 11.5. The Labute approximate surface area is 139 Å². The van der Waals surface area contributed by atoms with Crippen LogP contribution < -0.4 is 5.32 Å². The van der Waals surface area contributed by atoms with Crippen LogP contribution in [0.15, 0.2) is 12.4 Å². The number of halogens is 3. The van der Waals surface area contributed by atoms with Crippen LogP contribution in [0.2, 0.25) is 0 Å². The van der Waals surface area contributed by atoms with Gasteiger partial charge in [-0.25, -0.2) is 9.97 Å². The summed E-state index contributed by atoms with van der Waals surface area (Å²) < 4.78 is 43.6. The molecule has 134 valence electrons. The zero-order valence-corrected chi connectivity index (χ0v) is 13.6. The summed E-state index contributed by atoms with van der Waals surface area (Å²) in [6.45, 7) is 4.68. The zero-order chi connectivity index (χ0) is 17.0. The van der Waals surface area contributed by atoms with Crippen LogP contribution in [-0.2, 0) is 10.9 Å². The highest BCUT2D eigenvalue weighted by Crippen LogP contribution is 2.28. The molecule has 0 aromatic carbocycles. The number of hydrogen-bond acceptors (Lipinski definition) is 5. The Kier molecular flexibility index (Phi) is 5.55. The van der Waals surface area contributed by atoms with Crippen molar-refractivity contribution in [2.75, 3.05) is 38.2 Å². The van der Waals surface area contributed by atoms with Crippen LogP contribution in [0.4, 0.5) is 19.0 Å². The molecule has 8 heteroatoms. The van der Waals surface area contributed by atoms with E-state index in [1.165, 1.54) is 6.42 Å². The molecule has 0 amide bonds. The average Bonchev–Trinajstić information content (AvgIpc) is 2.57. The van der Waals surface area contributed by atoms with Crippen molar-refractivity contribution in [3.63, 3.8) is 0 Å². The molecule has 0 saturated carbocycles. The Morgan fingerprint density at radius 3 is 2.67 bits per heavy atom. The van der Waals surface area contributed by atoms with Crippen molar-refractivity contribution in [2.24, 2.45) is 5.92 Å². The molecular weight excluding hydrogens is 321 g/mol. The number of nitrogens with zero attached hydrogens (tertiary/aromatic N) is 3. The van der Waals surface area contributed by atoms with Gasteiger partial charge in [0.25, 0.3) is 0 Å². The van der Waals surface area contributed by atoms with Crippen LogP contribution in [0.1, 0.15) is 31.4 Å². The van der Waals surface area contributed by atoms with Crippen LogP contribution in [0.25, 0.3) is 0 Å². The first kappa shape index (κ1) is 17.4. The maximum atomic E-state index is 12.7. The molecule has 1 unspecified atom stereocenters. The minimum atomic E-state index is -4.44. The lowest BCUT2D eigenvalue weighted by Crippen LogP contribution is -2.42. The minimum Gasteiger partial charge on any atom is -0.381 e. The van der Waals surface area contributed by atoms with Crippen LogP contribution in [-0.4, -0.2) is 53.8 Å². The van der Waals surface area contributed by atoms with Crippen LogP contribution in [0.3, 0.4) is 0 Å². The quantitative estimate of drug-likeness (QED) is 0.910. The summed E-state index contributed by atoms with van der Waals surface area (Å²) in [5, 5.41) is 3.12. The van der Waals surface area contributed by atoms with Crippen molar-refractivity contribution < 1.29 is 17.9 Å². The molecule has 2 aliphatic heterocycles. The van der Waals surface area contributed by atoms with Gasteiger partial charge >= 0.3 is 6.18 Å². The van der Waals surface area contributed by atoms with E-state index in [1.54, 1.807) is 0 Å². The van der Waals surface area contributed by atoms with Crippen molar-refractivity contribution >= 4 is 5.82 Å². The molecule has 3 rings (SSSR count).